The van der Waals surface area contributed by atoms with Crippen LogP contribution in [0.1, 0.15) is 22.4 Å². The monoisotopic (exact) mass is 306 g/mol. The third-order valence-corrected chi connectivity index (χ3v) is 3.57. The van der Waals surface area contributed by atoms with E-state index >= 15 is 0 Å². The highest BCUT2D eigenvalue weighted by molar-refractivity contribution is 7.09. The summed E-state index contributed by atoms with van der Waals surface area (Å²) in [4.78, 5) is 15.8. The van der Waals surface area contributed by atoms with Crippen LogP contribution in [0, 0.1) is 12.7 Å². The van der Waals surface area contributed by atoms with Gasteiger partial charge in [0.2, 0.25) is 5.91 Å². The first kappa shape index (κ1) is 15.3. The molecule has 21 heavy (non-hydrogen) atoms. The topological polar surface area (TPSA) is 62.2 Å². The molecular formula is C15H15FN2O2S. The fourth-order valence-corrected chi connectivity index (χ4v) is 2.31. The average molecular weight is 306 g/mol. The van der Waals surface area contributed by atoms with Gasteiger partial charge in [0.1, 0.15) is 5.82 Å². The first-order valence-corrected chi connectivity index (χ1v) is 7.25. The minimum Gasteiger partial charge on any atom is -0.386 e. The summed E-state index contributed by atoms with van der Waals surface area (Å²) in [5, 5.41) is 15.1. The summed E-state index contributed by atoms with van der Waals surface area (Å²) < 4.78 is 13.4. The fraction of sp³-hybridized carbons (Fsp3) is 0.200. The van der Waals surface area contributed by atoms with Crippen molar-refractivity contribution in [3.63, 3.8) is 0 Å². The van der Waals surface area contributed by atoms with E-state index in [-0.39, 0.29) is 18.0 Å². The van der Waals surface area contributed by atoms with E-state index in [1.807, 2.05) is 12.3 Å². The molecular weight excluding hydrogens is 291 g/mol. The van der Waals surface area contributed by atoms with Crippen molar-refractivity contribution in [1.29, 1.82) is 0 Å². The fourth-order valence-electron chi connectivity index (χ4n) is 1.73. The number of aliphatic hydroxyl groups excluding tert-OH is 1. The van der Waals surface area contributed by atoms with E-state index in [4.69, 9.17) is 0 Å². The summed E-state index contributed by atoms with van der Waals surface area (Å²) in [5.41, 5.74) is 0.874. The number of nitrogens with zero attached hydrogens (tertiary/aromatic N) is 1. The molecule has 6 heteroatoms. The third-order valence-electron chi connectivity index (χ3n) is 2.78. The molecule has 0 radical (unpaired) electrons. The van der Waals surface area contributed by atoms with E-state index in [0.717, 1.165) is 5.01 Å². The van der Waals surface area contributed by atoms with Gasteiger partial charge in [0.25, 0.3) is 0 Å². The maximum absolute atomic E-state index is 13.4. The van der Waals surface area contributed by atoms with E-state index in [9.17, 15) is 14.3 Å². The Hall–Kier alpha value is -2.05. The van der Waals surface area contributed by atoms with Gasteiger partial charge in [-0.1, -0.05) is 18.2 Å². The molecule has 1 amide bonds. The van der Waals surface area contributed by atoms with E-state index in [0.29, 0.717) is 5.69 Å². The van der Waals surface area contributed by atoms with Gasteiger partial charge in [-0.3, -0.25) is 4.79 Å². The lowest BCUT2D eigenvalue weighted by Gasteiger charge is -2.11. The van der Waals surface area contributed by atoms with Crippen LogP contribution in [0.4, 0.5) is 4.39 Å². The van der Waals surface area contributed by atoms with Crippen LogP contribution in [0.2, 0.25) is 0 Å². The molecule has 1 aromatic carbocycles. The highest BCUT2D eigenvalue weighted by atomic mass is 32.1. The molecule has 0 spiro atoms. The molecule has 1 aromatic heterocycles. The van der Waals surface area contributed by atoms with E-state index in [1.54, 1.807) is 18.2 Å². The van der Waals surface area contributed by atoms with Crippen LogP contribution in [0.5, 0.6) is 0 Å². The Balaban J connectivity index is 1.86. The molecule has 1 unspecified atom stereocenters. The molecule has 1 atom stereocenters. The second-order valence-corrected chi connectivity index (χ2v) is 5.47. The number of aryl methyl sites for hydroxylation is 1. The molecule has 0 aliphatic carbocycles. The first-order chi connectivity index (χ1) is 10.1. The second-order valence-electron chi connectivity index (χ2n) is 4.41. The molecule has 0 aliphatic rings. The lowest BCUT2D eigenvalue weighted by atomic mass is 10.1. The summed E-state index contributed by atoms with van der Waals surface area (Å²) in [7, 11) is 0. The number of thiazole rings is 1. The maximum atomic E-state index is 13.4. The number of carbonyl (C=O) groups is 1. The van der Waals surface area contributed by atoms with E-state index in [2.05, 4.69) is 10.3 Å². The summed E-state index contributed by atoms with van der Waals surface area (Å²) in [6.07, 6.45) is 1.85. The number of hydrogen-bond acceptors (Lipinski definition) is 4. The zero-order chi connectivity index (χ0) is 15.2. The van der Waals surface area contributed by atoms with Crippen molar-refractivity contribution in [2.45, 2.75) is 13.0 Å². The zero-order valence-electron chi connectivity index (χ0n) is 11.4. The van der Waals surface area contributed by atoms with Gasteiger partial charge in [-0.05, 0) is 19.1 Å². The molecule has 0 saturated carbocycles. The second kappa shape index (κ2) is 7.10. The number of nitrogens with one attached hydrogen (secondary N) is 1. The number of halogens is 1. The lowest BCUT2D eigenvalue weighted by Crippen LogP contribution is -2.27. The van der Waals surface area contributed by atoms with Crippen LogP contribution >= 0.6 is 11.3 Å². The predicted octanol–water partition coefficient (Wildman–Crippen LogP) is 2.45. The van der Waals surface area contributed by atoms with Crippen LogP contribution in [-0.4, -0.2) is 22.5 Å². The van der Waals surface area contributed by atoms with Crippen molar-refractivity contribution >= 4 is 23.3 Å². The number of amides is 1. The predicted molar refractivity (Wildman–Crippen MR) is 80.3 cm³/mol. The molecule has 0 saturated heterocycles. The minimum atomic E-state index is -1.08. The summed E-state index contributed by atoms with van der Waals surface area (Å²) in [6, 6.07) is 5.93. The molecule has 0 bridgehead atoms. The Morgan fingerprint density at radius 1 is 1.52 bits per heavy atom. The van der Waals surface area contributed by atoms with Gasteiger partial charge in [-0.15, -0.1) is 11.3 Å². The van der Waals surface area contributed by atoms with Crippen molar-refractivity contribution in [3.05, 3.63) is 57.8 Å². The van der Waals surface area contributed by atoms with E-state index in [1.165, 1.54) is 29.5 Å². The van der Waals surface area contributed by atoms with Gasteiger partial charge in [0.15, 0.2) is 0 Å². The van der Waals surface area contributed by atoms with Gasteiger partial charge in [-0.2, -0.15) is 0 Å². The number of rotatable bonds is 5. The lowest BCUT2D eigenvalue weighted by molar-refractivity contribution is -0.116. The zero-order valence-corrected chi connectivity index (χ0v) is 12.2. The van der Waals surface area contributed by atoms with Crippen molar-refractivity contribution in [2.75, 3.05) is 6.54 Å². The van der Waals surface area contributed by atoms with Crippen molar-refractivity contribution < 1.29 is 14.3 Å². The number of aromatic nitrogens is 1. The van der Waals surface area contributed by atoms with E-state index < -0.39 is 11.9 Å². The molecule has 2 rings (SSSR count). The van der Waals surface area contributed by atoms with Crippen molar-refractivity contribution in [1.82, 2.24) is 10.3 Å². The van der Waals surface area contributed by atoms with Crippen LogP contribution < -0.4 is 5.32 Å². The Labute approximate surface area is 126 Å². The minimum absolute atomic E-state index is 0.0554. The maximum Gasteiger partial charge on any atom is 0.244 e. The smallest absolute Gasteiger partial charge is 0.244 e. The number of hydrogen-bond donors (Lipinski definition) is 2. The van der Waals surface area contributed by atoms with Crippen LogP contribution in [0.25, 0.3) is 6.08 Å². The summed E-state index contributed by atoms with van der Waals surface area (Å²) >= 11 is 1.50. The normalized spacial score (nSPS) is 12.5. The molecule has 110 valence electrons. The summed E-state index contributed by atoms with van der Waals surface area (Å²) in [5.74, 6) is -0.858. The van der Waals surface area contributed by atoms with Crippen LogP contribution in [0.3, 0.4) is 0 Å². The van der Waals surface area contributed by atoms with Gasteiger partial charge >= 0.3 is 0 Å². The standard InChI is InChI=1S/C15H15FN2O2S/c1-10-18-11(9-21-10)6-7-15(20)17-8-14(19)12-4-2-3-5-13(12)16/h2-7,9,14,19H,8H2,1H3,(H,17,20)/b7-6+. The Morgan fingerprint density at radius 2 is 2.29 bits per heavy atom. The first-order valence-electron chi connectivity index (χ1n) is 6.37. The quantitative estimate of drug-likeness (QED) is 0.834. The van der Waals surface area contributed by atoms with Crippen LogP contribution in [-0.2, 0) is 4.79 Å². The third kappa shape index (κ3) is 4.47. The molecule has 4 nitrogen and oxygen atoms in total. The molecule has 0 aliphatic heterocycles. The summed E-state index contributed by atoms with van der Waals surface area (Å²) in [6.45, 7) is 1.83. The molecule has 2 aromatic rings. The number of benzene rings is 1. The Bertz CT molecular complexity index is 655. The largest absolute Gasteiger partial charge is 0.386 e. The average Bonchev–Trinajstić information content (AvgIpc) is 2.89. The highest BCUT2D eigenvalue weighted by Gasteiger charge is 2.12. The molecule has 0 fully saturated rings. The number of aliphatic hydroxyl groups is 1. The number of carbonyl (C=O) groups excluding carboxylic acids is 1. The van der Waals surface area contributed by atoms with Gasteiger partial charge in [0.05, 0.1) is 16.8 Å². The van der Waals surface area contributed by atoms with Crippen molar-refractivity contribution in [2.24, 2.45) is 0 Å². The Morgan fingerprint density at radius 3 is 2.95 bits per heavy atom. The molecule has 1 heterocycles. The van der Waals surface area contributed by atoms with Crippen LogP contribution in [0.15, 0.2) is 35.7 Å². The molecule has 2 N–H and O–H groups in total. The van der Waals surface area contributed by atoms with Gasteiger partial charge in [0, 0.05) is 23.6 Å². The SMILES string of the molecule is Cc1nc(/C=C/C(=O)NCC(O)c2ccccc2F)cs1. The van der Waals surface area contributed by atoms with Crippen molar-refractivity contribution in [3.8, 4) is 0 Å². The Kier molecular flexibility index (Phi) is 5.19. The van der Waals surface area contributed by atoms with Gasteiger partial charge < -0.3 is 10.4 Å². The van der Waals surface area contributed by atoms with Gasteiger partial charge in [-0.25, -0.2) is 9.37 Å². The highest BCUT2D eigenvalue weighted by Crippen LogP contribution is 2.15.